The maximum atomic E-state index is 12.7. The number of urea groups is 1. The molecule has 0 saturated carbocycles. The second-order valence-electron chi connectivity index (χ2n) is 7.03. The van der Waals surface area contributed by atoms with Crippen LogP contribution in [-0.4, -0.2) is 36.0 Å². The first-order valence-electron chi connectivity index (χ1n) is 8.88. The Labute approximate surface area is 154 Å². The first kappa shape index (κ1) is 18.0. The lowest BCUT2D eigenvalue weighted by molar-refractivity contribution is -0.119. The van der Waals surface area contributed by atoms with Gasteiger partial charge >= 0.3 is 6.03 Å². The molecule has 1 aliphatic rings. The molecule has 2 aromatic carbocycles. The van der Waals surface area contributed by atoms with Crippen molar-refractivity contribution in [3.05, 3.63) is 65.2 Å². The number of nitrogens with one attached hydrogen (secondary N) is 2. The number of nitrogens with zero attached hydrogens (tertiary/aromatic N) is 1. The fourth-order valence-corrected chi connectivity index (χ4v) is 3.37. The number of likely N-dealkylation sites (tertiary alicyclic amines) is 1. The monoisotopic (exact) mass is 351 g/mol. The third-order valence-electron chi connectivity index (χ3n) is 4.80. The van der Waals surface area contributed by atoms with Crippen LogP contribution in [-0.2, 0) is 4.79 Å². The number of carbonyl (C=O) groups excluding carboxylic acids is 2. The first-order chi connectivity index (χ1) is 12.4. The fourth-order valence-electron chi connectivity index (χ4n) is 3.37. The number of carbonyl (C=O) groups is 2. The summed E-state index contributed by atoms with van der Waals surface area (Å²) in [5.41, 5.74) is 4.25. The van der Waals surface area contributed by atoms with E-state index in [9.17, 15) is 9.59 Å². The Morgan fingerprint density at radius 3 is 2.08 bits per heavy atom. The molecule has 0 unspecified atom stereocenters. The molecule has 2 aromatic rings. The predicted molar refractivity (Wildman–Crippen MR) is 103 cm³/mol. The lowest BCUT2D eigenvalue weighted by atomic mass is 9.93. The molecule has 2 N–H and O–H groups in total. The van der Waals surface area contributed by atoms with E-state index >= 15 is 0 Å². The molecule has 5 nitrogen and oxygen atoms in total. The topological polar surface area (TPSA) is 61.4 Å². The highest BCUT2D eigenvalue weighted by atomic mass is 16.2. The van der Waals surface area contributed by atoms with Crippen LogP contribution in [0.15, 0.2) is 48.5 Å². The SMILES string of the molecule is CC(=O)N[C@H]1CN(C(=O)Nc2ccc(C)cc2)C[C@@H]1c1ccc(C)cc1. The van der Waals surface area contributed by atoms with Gasteiger partial charge in [-0.25, -0.2) is 4.79 Å². The molecule has 3 amide bonds. The molecule has 0 aliphatic carbocycles. The van der Waals surface area contributed by atoms with E-state index in [4.69, 9.17) is 0 Å². The van der Waals surface area contributed by atoms with Gasteiger partial charge in [-0.2, -0.15) is 0 Å². The van der Waals surface area contributed by atoms with Crippen LogP contribution < -0.4 is 10.6 Å². The largest absolute Gasteiger partial charge is 0.351 e. The van der Waals surface area contributed by atoms with E-state index in [2.05, 4.69) is 34.9 Å². The number of anilines is 1. The first-order valence-corrected chi connectivity index (χ1v) is 8.88. The predicted octanol–water partition coefficient (Wildman–Crippen LogP) is 3.44. The molecular weight excluding hydrogens is 326 g/mol. The van der Waals surface area contributed by atoms with Gasteiger partial charge in [0.05, 0.1) is 6.04 Å². The molecule has 0 radical (unpaired) electrons. The van der Waals surface area contributed by atoms with Gasteiger partial charge in [-0.15, -0.1) is 0 Å². The molecule has 3 rings (SSSR count). The van der Waals surface area contributed by atoms with Crippen LogP contribution in [0.5, 0.6) is 0 Å². The number of hydrogen-bond donors (Lipinski definition) is 2. The van der Waals surface area contributed by atoms with Crippen LogP contribution in [0, 0.1) is 13.8 Å². The van der Waals surface area contributed by atoms with Gasteiger partial charge in [-0.05, 0) is 31.5 Å². The number of aryl methyl sites for hydroxylation is 2. The van der Waals surface area contributed by atoms with Crippen LogP contribution in [0.1, 0.15) is 29.5 Å². The summed E-state index contributed by atoms with van der Waals surface area (Å²) in [6.45, 7) is 6.64. The standard InChI is InChI=1S/C21H25N3O2/c1-14-4-8-17(9-5-14)19-12-24(13-20(19)22-16(3)25)21(26)23-18-10-6-15(2)7-11-18/h4-11,19-20H,12-13H2,1-3H3,(H,22,25)(H,23,26)/t19-,20+/m1/s1. The Morgan fingerprint density at radius 1 is 0.923 bits per heavy atom. The average molecular weight is 351 g/mol. The highest BCUT2D eigenvalue weighted by Gasteiger charge is 2.36. The molecule has 2 atom stereocenters. The van der Waals surface area contributed by atoms with Crippen LogP contribution in [0.25, 0.3) is 0 Å². The van der Waals surface area contributed by atoms with Crippen LogP contribution in [0.3, 0.4) is 0 Å². The summed E-state index contributed by atoms with van der Waals surface area (Å²) in [7, 11) is 0. The smallest absolute Gasteiger partial charge is 0.321 e. The van der Waals surface area contributed by atoms with Crippen molar-refractivity contribution in [2.45, 2.75) is 32.7 Å². The second kappa shape index (κ2) is 7.60. The second-order valence-corrected chi connectivity index (χ2v) is 7.03. The van der Waals surface area contributed by atoms with Gasteiger partial charge in [0.1, 0.15) is 0 Å². The van der Waals surface area contributed by atoms with E-state index in [0.717, 1.165) is 16.8 Å². The Kier molecular flexibility index (Phi) is 5.26. The molecule has 136 valence electrons. The number of hydrogen-bond acceptors (Lipinski definition) is 2. The van der Waals surface area contributed by atoms with Gasteiger partial charge in [-0.1, -0.05) is 47.5 Å². The molecule has 1 fully saturated rings. The van der Waals surface area contributed by atoms with Crippen molar-refractivity contribution in [2.75, 3.05) is 18.4 Å². The van der Waals surface area contributed by atoms with Gasteiger partial charge < -0.3 is 15.5 Å². The third kappa shape index (κ3) is 4.23. The molecule has 1 heterocycles. The molecule has 0 aromatic heterocycles. The summed E-state index contributed by atoms with van der Waals surface area (Å²) in [6.07, 6.45) is 0. The van der Waals surface area contributed by atoms with E-state index < -0.39 is 0 Å². The zero-order valence-electron chi connectivity index (χ0n) is 15.5. The van der Waals surface area contributed by atoms with Crippen molar-refractivity contribution in [2.24, 2.45) is 0 Å². The lowest BCUT2D eigenvalue weighted by Gasteiger charge is -2.19. The zero-order valence-corrected chi connectivity index (χ0v) is 15.5. The van der Waals surface area contributed by atoms with Crippen molar-refractivity contribution >= 4 is 17.6 Å². The van der Waals surface area contributed by atoms with Crippen LogP contribution >= 0.6 is 0 Å². The third-order valence-corrected chi connectivity index (χ3v) is 4.80. The van der Waals surface area contributed by atoms with Gasteiger partial charge in [-0.3, -0.25) is 4.79 Å². The van der Waals surface area contributed by atoms with Crippen molar-refractivity contribution in [1.82, 2.24) is 10.2 Å². The minimum absolute atomic E-state index is 0.0760. The van der Waals surface area contributed by atoms with E-state index in [-0.39, 0.29) is 23.9 Å². The Bertz CT molecular complexity index is 784. The zero-order chi connectivity index (χ0) is 18.7. The summed E-state index contributed by atoms with van der Waals surface area (Å²) >= 11 is 0. The van der Waals surface area contributed by atoms with Crippen molar-refractivity contribution in [3.63, 3.8) is 0 Å². The van der Waals surface area contributed by atoms with Crippen molar-refractivity contribution in [1.29, 1.82) is 0 Å². The minimum atomic E-state index is -0.140. The summed E-state index contributed by atoms with van der Waals surface area (Å²) < 4.78 is 0. The average Bonchev–Trinajstić information content (AvgIpc) is 3.01. The summed E-state index contributed by atoms with van der Waals surface area (Å²) in [5.74, 6) is 0.0103. The van der Waals surface area contributed by atoms with Gasteiger partial charge in [0.25, 0.3) is 0 Å². The molecule has 1 aliphatic heterocycles. The summed E-state index contributed by atoms with van der Waals surface area (Å²) in [5, 5.41) is 5.94. The minimum Gasteiger partial charge on any atom is -0.351 e. The normalized spacial score (nSPS) is 19.3. The molecule has 26 heavy (non-hydrogen) atoms. The summed E-state index contributed by atoms with van der Waals surface area (Å²) in [4.78, 5) is 26.0. The van der Waals surface area contributed by atoms with Gasteiger partial charge in [0.2, 0.25) is 5.91 Å². The highest BCUT2D eigenvalue weighted by molar-refractivity contribution is 5.89. The van der Waals surface area contributed by atoms with E-state index in [0.29, 0.717) is 13.1 Å². The lowest BCUT2D eigenvalue weighted by Crippen LogP contribution is -2.40. The molecular formula is C21H25N3O2. The maximum absolute atomic E-state index is 12.7. The molecule has 1 saturated heterocycles. The van der Waals surface area contributed by atoms with Crippen LogP contribution in [0.2, 0.25) is 0 Å². The van der Waals surface area contributed by atoms with E-state index in [1.165, 1.54) is 12.5 Å². The maximum Gasteiger partial charge on any atom is 0.321 e. The quantitative estimate of drug-likeness (QED) is 0.890. The van der Waals surface area contributed by atoms with Crippen LogP contribution in [0.4, 0.5) is 10.5 Å². The molecule has 5 heteroatoms. The summed E-state index contributed by atoms with van der Waals surface area (Å²) in [6, 6.07) is 15.8. The van der Waals surface area contributed by atoms with E-state index in [1.54, 1.807) is 4.90 Å². The highest BCUT2D eigenvalue weighted by Crippen LogP contribution is 2.28. The Balaban J connectivity index is 1.74. The van der Waals surface area contributed by atoms with Crippen molar-refractivity contribution < 1.29 is 9.59 Å². The number of rotatable bonds is 3. The van der Waals surface area contributed by atoms with Gasteiger partial charge in [0.15, 0.2) is 0 Å². The Hall–Kier alpha value is -2.82. The number of benzene rings is 2. The number of amides is 3. The van der Waals surface area contributed by atoms with Crippen molar-refractivity contribution in [3.8, 4) is 0 Å². The molecule has 0 spiro atoms. The Morgan fingerprint density at radius 2 is 1.50 bits per heavy atom. The fraction of sp³-hybridized carbons (Fsp3) is 0.333. The molecule has 0 bridgehead atoms. The van der Waals surface area contributed by atoms with E-state index in [1.807, 2.05) is 38.1 Å². The van der Waals surface area contributed by atoms with Gasteiger partial charge in [0, 0.05) is 31.6 Å².